The van der Waals surface area contributed by atoms with Gasteiger partial charge in [0.05, 0.1) is 26.2 Å². The lowest BCUT2D eigenvalue weighted by Gasteiger charge is -2.35. The van der Waals surface area contributed by atoms with Crippen molar-refractivity contribution >= 4 is 11.9 Å². The Balaban J connectivity index is 1.85. The van der Waals surface area contributed by atoms with Gasteiger partial charge < -0.3 is 24.6 Å². The van der Waals surface area contributed by atoms with Crippen LogP contribution in [0.1, 0.15) is 13.3 Å². The number of amides is 1. The molecule has 1 aromatic rings. The fraction of sp³-hybridized carbons (Fsp3) is 0.556. The molecule has 0 radical (unpaired) electrons. The maximum absolute atomic E-state index is 12.0. The molecule has 1 aliphatic rings. The van der Waals surface area contributed by atoms with Crippen molar-refractivity contribution in [2.24, 2.45) is 0 Å². The number of carbonyl (C=O) groups excluding carboxylic acids is 2. The smallest absolute Gasteiger partial charge is 0.307 e. The van der Waals surface area contributed by atoms with Crippen LogP contribution in [-0.2, 0) is 14.3 Å². The number of rotatable bonds is 9. The number of ether oxygens (including phenoxy) is 3. The Morgan fingerprint density at radius 3 is 2.58 bits per heavy atom. The average molecular weight is 366 g/mol. The van der Waals surface area contributed by atoms with Crippen molar-refractivity contribution in [2.45, 2.75) is 25.5 Å². The van der Waals surface area contributed by atoms with Gasteiger partial charge in [-0.05, 0) is 31.2 Å². The lowest BCUT2D eigenvalue weighted by atomic mass is 10.1. The highest BCUT2D eigenvalue weighted by molar-refractivity contribution is 5.87. The van der Waals surface area contributed by atoms with Gasteiger partial charge in [0.15, 0.2) is 0 Å². The molecule has 0 unspecified atom stereocenters. The van der Waals surface area contributed by atoms with E-state index in [2.05, 4.69) is 10.1 Å². The number of benzene rings is 1. The molecule has 8 nitrogen and oxygen atoms in total. The fourth-order valence-corrected chi connectivity index (χ4v) is 2.76. The van der Waals surface area contributed by atoms with E-state index in [1.165, 1.54) is 7.11 Å². The molecule has 144 valence electrons. The van der Waals surface area contributed by atoms with Crippen molar-refractivity contribution in [2.75, 3.05) is 40.0 Å². The number of nitrogens with one attached hydrogen (secondary N) is 1. The van der Waals surface area contributed by atoms with Gasteiger partial charge in [-0.2, -0.15) is 0 Å². The molecule has 8 heteroatoms. The van der Waals surface area contributed by atoms with E-state index in [0.717, 1.165) is 5.75 Å². The van der Waals surface area contributed by atoms with Crippen molar-refractivity contribution in [1.82, 2.24) is 10.2 Å². The number of piperazine rings is 1. The number of aliphatic hydroxyl groups excluding tert-OH is 1. The van der Waals surface area contributed by atoms with E-state index in [1.54, 1.807) is 29.2 Å². The van der Waals surface area contributed by atoms with Crippen LogP contribution in [0.25, 0.3) is 0 Å². The summed E-state index contributed by atoms with van der Waals surface area (Å²) in [5.41, 5.74) is 0. The summed E-state index contributed by atoms with van der Waals surface area (Å²) in [5, 5.41) is 13.0. The summed E-state index contributed by atoms with van der Waals surface area (Å²) in [7, 11) is 1.28. The quantitative estimate of drug-likeness (QED) is 0.602. The van der Waals surface area contributed by atoms with Crippen LogP contribution in [0.2, 0.25) is 0 Å². The van der Waals surface area contributed by atoms with Crippen LogP contribution in [0.5, 0.6) is 11.5 Å². The van der Waals surface area contributed by atoms with E-state index in [1.807, 2.05) is 6.92 Å². The van der Waals surface area contributed by atoms with Crippen LogP contribution in [0.4, 0.5) is 0 Å². The molecule has 0 saturated carbocycles. The van der Waals surface area contributed by atoms with Crippen LogP contribution in [0.15, 0.2) is 24.3 Å². The monoisotopic (exact) mass is 366 g/mol. The second kappa shape index (κ2) is 9.98. The highest BCUT2D eigenvalue weighted by Gasteiger charge is 2.33. The number of β-amino-alcohol motifs (C(OH)–C–C–N with tert-alkyl or cyclic N) is 1. The predicted molar refractivity (Wildman–Crippen MR) is 94.1 cm³/mol. The average Bonchev–Trinajstić information content (AvgIpc) is 2.64. The molecule has 1 aromatic carbocycles. The zero-order chi connectivity index (χ0) is 18.9. The van der Waals surface area contributed by atoms with Gasteiger partial charge in [-0.15, -0.1) is 0 Å². The first kappa shape index (κ1) is 20.0. The Kier molecular flexibility index (Phi) is 7.68. The SMILES string of the molecule is CCOc1ccc(OC[C@@H](O)CN2CCNC(=O)[C@H]2CC(=O)OC)cc1. The number of hydrogen-bond donors (Lipinski definition) is 2. The predicted octanol–water partition coefficient (Wildman–Crippen LogP) is 0.189. The lowest BCUT2D eigenvalue weighted by Crippen LogP contribution is -2.57. The molecular weight excluding hydrogens is 340 g/mol. The minimum atomic E-state index is -0.799. The minimum absolute atomic E-state index is 0.0468. The van der Waals surface area contributed by atoms with Crippen LogP contribution in [0, 0.1) is 0 Å². The van der Waals surface area contributed by atoms with Crippen molar-refractivity contribution in [3.63, 3.8) is 0 Å². The van der Waals surface area contributed by atoms with Crippen molar-refractivity contribution in [3.8, 4) is 11.5 Å². The summed E-state index contributed by atoms with van der Waals surface area (Å²) in [6.45, 7) is 3.84. The van der Waals surface area contributed by atoms with Gasteiger partial charge in [0, 0.05) is 19.6 Å². The summed E-state index contributed by atoms with van der Waals surface area (Å²) in [4.78, 5) is 25.3. The summed E-state index contributed by atoms with van der Waals surface area (Å²) in [6, 6.07) is 6.49. The number of hydrogen-bond acceptors (Lipinski definition) is 7. The zero-order valence-corrected chi connectivity index (χ0v) is 15.1. The maximum atomic E-state index is 12.0. The Bertz CT molecular complexity index is 592. The van der Waals surface area contributed by atoms with Gasteiger partial charge in [0.2, 0.25) is 5.91 Å². The Hall–Kier alpha value is -2.32. The molecule has 1 aliphatic heterocycles. The molecule has 1 fully saturated rings. The molecular formula is C18H26N2O6. The van der Waals surface area contributed by atoms with Gasteiger partial charge in [-0.25, -0.2) is 0 Å². The number of nitrogens with zero attached hydrogens (tertiary/aromatic N) is 1. The van der Waals surface area contributed by atoms with Gasteiger partial charge in [0.25, 0.3) is 0 Å². The second-order valence-corrected chi connectivity index (χ2v) is 5.95. The molecule has 1 heterocycles. The Labute approximate surface area is 153 Å². The van der Waals surface area contributed by atoms with Crippen LogP contribution >= 0.6 is 0 Å². The van der Waals surface area contributed by atoms with E-state index in [9.17, 15) is 14.7 Å². The van der Waals surface area contributed by atoms with Crippen molar-refractivity contribution < 1.29 is 28.9 Å². The molecule has 1 amide bonds. The first-order valence-corrected chi connectivity index (χ1v) is 8.65. The molecule has 2 rings (SSSR count). The summed E-state index contributed by atoms with van der Waals surface area (Å²) in [5.74, 6) is 0.679. The lowest BCUT2D eigenvalue weighted by molar-refractivity contribution is -0.146. The molecule has 26 heavy (non-hydrogen) atoms. The number of esters is 1. The first-order chi connectivity index (χ1) is 12.5. The molecule has 2 atom stereocenters. The topological polar surface area (TPSA) is 97.3 Å². The molecule has 0 spiro atoms. The molecule has 1 saturated heterocycles. The van der Waals surface area contributed by atoms with E-state index >= 15 is 0 Å². The van der Waals surface area contributed by atoms with Crippen molar-refractivity contribution in [1.29, 1.82) is 0 Å². The van der Waals surface area contributed by atoms with E-state index < -0.39 is 18.1 Å². The normalized spacial score (nSPS) is 18.7. The van der Waals surface area contributed by atoms with Crippen LogP contribution < -0.4 is 14.8 Å². The molecule has 0 aliphatic carbocycles. The summed E-state index contributed by atoms with van der Waals surface area (Å²) in [6.07, 6.45) is -0.845. The summed E-state index contributed by atoms with van der Waals surface area (Å²) >= 11 is 0. The Morgan fingerprint density at radius 2 is 1.96 bits per heavy atom. The number of carbonyl (C=O) groups is 2. The van der Waals surface area contributed by atoms with E-state index in [4.69, 9.17) is 9.47 Å². The molecule has 0 aromatic heterocycles. The largest absolute Gasteiger partial charge is 0.494 e. The first-order valence-electron chi connectivity index (χ1n) is 8.65. The van der Waals surface area contributed by atoms with Crippen LogP contribution in [0.3, 0.4) is 0 Å². The minimum Gasteiger partial charge on any atom is -0.494 e. The third kappa shape index (κ3) is 5.89. The standard InChI is InChI=1S/C18H26N2O6/c1-3-25-14-4-6-15(7-5-14)26-12-13(21)11-20-9-8-19-18(23)16(20)10-17(22)24-2/h4-7,13,16,21H,3,8-12H2,1-2H3,(H,19,23)/t13-,16+/m0/s1. The third-order valence-electron chi connectivity index (χ3n) is 4.05. The highest BCUT2D eigenvalue weighted by atomic mass is 16.5. The van der Waals surface area contributed by atoms with Gasteiger partial charge in [-0.1, -0.05) is 0 Å². The Morgan fingerprint density at radius 1 is 1.31 bits per heavy atom. The van der Waals surface area contributed by atoms with Gasteiger partial charge in [0.1, 0.15) is 24.2 Å². The molecule has 0 bridgehead atoms. The third-order valence-corrected chi connectivity index (χ3v) is 4.05. The number of methoxy groups -OCH3 is 1. The van der Waals surface area contributed by atoms with E-state index in [0.29, 0.717) is 25.4 Å². The van der Waals surface area contributed by atoms with Gasteiger partial charge >= 0.3 is 5.97 Å². The number of aliphatic hydroxyl groups is 1. The zero-order valence-electron chi connectivity index (χ0n) is 15.1. The van der Waals surface area contributed by atoms with E-state index in [-0.39, 0.29) is 25.5 Å². The van der Waals surface area contributed by atoms with Gasteiger partial charge in [-0.3, -0.25) is 14.5 Å². The van der Waals surface area contributed by atoms with Crippen molar-refractivity contribution in [3.05, 3.63) is 24.3 Å². The fourth-order valence-electron chi connectivity index (χ4n) is 2.76. The highest BCUT2D eigenvalue weighted by Crippen LogP contribution is 2.18. The molecule has 2 N–H and O–H groups in total. The second-order valence-electron chi connectivity index (χ2n) is 5.95. The maximum Gasteiger partial charge on any atom is 0.307 e. The van der Waals surface area contributed by atoms with Crippen LogP contribution in [-0.4, -0.2) is 74.0 Å². The summed E-state index contributed by atoms with van der Waals surface area (Å²) < 4.78 is 15.6.